The summed E-state index contributed by atoms with van der Waals surface area (Å²) >= 11 is 0. The first kappa shape index (κ1) is 16.5. The van der Waals surface area contributed by atoms with Crippen LogP contribution >= 0.6 is 0 Å². The average Bonchev–Trinajstić information content (AvgIpc) is 2.64. The van der Waals surface area contributed by atoms with Gasteiger partial charge in [-0.25, -0.2) is 0 Å². The maximum absolute atomic E-state index is 12.8. The number of phenolic OH excluding ortho intramolecular Hbond substituents is 2. The second kappa shape index (κ2) is 6.27. The summed E-state index contributed by atoms with van der Waals surface area (Å²) in [6.07, 6.45) is 0. The van der Waals surface area contributed by atoms with Crippen molar-refractivity contribution >= 4 is 11.0 Å². The van der Waals surface area contributed by atoms with Crippen LogP contribution in [0.5, 0.6) is 28.7 Å². The summed E-state index contributed by atoms with van der Waals surface area (Å²) < 4.78 is 21.3. The monoisotopic (exact) mass is 344 g/mol. The molecule has 0 atom stereocenters. The number of hydrogen-bond acceptors (Lipinski definition) is 7. The molecule has 2 aromatic carbocycles. The van der Waals surface area contributed by atoms with E-state index in [1.807, 2.05) is 6.07 Å². The summed E-state index contributed by atoms with van der Waals surface area (Å²) in [5.41, 5.74) is -0.0948. The van der Waals surface area contributed by atoms with Gasteiger partial charge >= 0.3 is 0 Å². The molecule has 7 nitrogen and oxygen atoms in total. The molecule has 3 aromatic rings. The van der Waals surface area contributed by atoms with Crippen LogP contribution in [0.4, 0.5) is 0 Å². The summed E-state index contributed by atoms with van der Waals surface area (Å²) in [6.45, 7) is 0. The van der Waals surface area contributed by atoms with Crippen molar-refractivity contribution in [3.63, 3.8) is 0 Å². The average molecular weight is 344 g/mol. The molecule has 0 fully saturated rings. The van der Waals surface area contributed by atoms with Crippen molar-refractivity contribution in [3.05, 3.63) is 40.6 Å². The molecule has 0 unspecified atom stereocenters. The van der Waals surface area contributed by atoms with Gasteiger partial charge in [0.25, 0.3) is 0 Å². The first-order valence-corrected chi connectivity index (χ1v) is 7.31. The van der Waals surface area contributed by atoms with Crippen LogP contribution in [0.1, 0.15) is 0 Å². The van der Waals surface area contributed by atoms with Gasteiger partial charge in [0.15, 0.2) is 17.1 Å². The molecule has 0 aliphatic heterocycles. The second-order valence-electron chi connectivity index (χ2n) is 5.13. The third-order valence-corrected chi connectivity index (χ3v) is 3.81. The minimum Gasteiger partial charge on any atom is -0.504 e. The summed E-state index contributed by atoms with van der Waals surface area (Å²) in [5.74, 6) is -1.36. The van der Waals surface area contributed by atoms with Crippen molar-refractivity contribution in [1.82, 2.24) is 0 Å². The SMILES string of the molecule is COc1c(O)c(O)c2c(=O)c(OC)c(-c3ccccc3)oc2c1OC. The van der Waals surface area contributed by atoms with Crippen molar-refractivity contribution in [2.45, 2.75) is 0 Å². The van der Waals surface area contributed by atoms with Crippen LogP contribution in [0.15, 0.2) is 39.5 Å². The van der Waals surface area contributed by atoms with Crippen LogP contribution in [0, 0.1) is 0 Å². The van der Waals surface area contributed by atoms with Gasteiger partial charge in [-0.05, 0) is 0 Å². The van der Waals surface area contributed by atoms with Crippen LogP contribution in [0.25, 0.3) is 22.3 Å². The molecule has 0 radical (unpaired) electrons. The zero-order chi connectivity index (χ0) is 18.1. The molecule has 0 saturated heterocycles. The van der Waals surface area contributed by atoms with Gasteiger partial charge in [0.05, 0.1) is 21.3 Å². The molecule has 3 rings (SSSR count). The Bertz CT molecular complexity index is 990. The van der Waals surface area contributed by atoms with E-state index in [4.69, 9.17) is 18.6 Å². The lowest BCUT2D eigenvalue weighted by Crippen LogP contribution is -2.09. The molecule has 0 bridgehead atoms. The maximum Gasteiger partial charge on any atom is 0.239 e. The Hall–Kier alpha value is -3.35. The van der Waals surface area contributed by atoms with E-state index >= 15 is 0 Å². The molecule has 0 saturated carbocycles. The third-order valence-electron chi connectivity index (χ3n) is 3.81. The minimum absolute atomic E-state index is 0.00951. The molecule has 0 aliphatic carbocycles. The van der Waals surface area contributed by atoms with Crippen molar-refractivity contribution in [3.8, 4) is 40.1 Å². The molecule has 0 spiro atoms. The van der Waals surface area contributed by atoms with Crippen LogP contribution in [0.2, 0.25) is 0 Å². The van der Waals surface area contributed by atoms with Gasteiger partial charge in [0.2, 0.25) is 28.4 Å². The van der Waals surface area contributed by atoms with Gasteiger partial charge in [0.1, 0.15) is 5.39 Å². The number of rotatable bonds is 4. The number of ether oxygens (including phenoxy) is 3. The number of benzene rings is 2. The highest BCUT2D eigenvalue weighted by Gasteiger charge is 2.28. The standard InChI is InChI=1S/C18H16O7/c1-22-16-12(20)10-11(19)13(21)17(23-2)18(24-3)15(10)25-14(16)9-7-5-4-6-8-9/h4-8,19,21H,1-3H3. The van der Waals surface area contributed by atoms with E-state index < -0.39 is 16.9 Å². The van der Waals surface area contributed by atoms with E-state index in [-0.39, 0.29) is 34.0 Å². The highest BCUT2D eigenvalue weighted by molar-refractivity contribution is 5.96. The number of phenols is 2. The Morgan fingerprint density at radius 1 is 0.840 bits per heavy atom. The van der Waals surface area contributed by atoms with Gasteiger partial charge in [0, 0.05) is 5.56 Å². The molecule has 0 amide bonds. The number of methoxy groups -OCH3 is 3. The molecule has 25 heavy (non-hydrogen) atoms. The summed E-state index contributed by atoms with van der Waals surface area (Å²) in [5, 5.41) is 20.1. The number of hydrogen-bond donors (Lipinski definition) is 2. The molecule has 1 aromatic heterocycles. The smallest absolute Gasteiger partial charge is 0.239 e. The molecular weight excluding hydrogens is 328 g/mol. The fourth-order valence-electron chi connectivity index (χ4n) is 2.67. The normalized spacial score (nSPS) is 10.7. The first-order valence-electron chi connectivity index (χ1n) is 7.31. The Morgan fingerprint density at radius 2 is 1.44 bits per heavy atom. The van der Waals surface area contributed by atoms with Crippen molar-refractivity contribution in [1.29, 1.82) is 0 Å². The first-order chi connectivity index (χ1) is 12.0. The Balaban J connectivity index is 2.54. The van der Waals surface area contributed by atoms with Crippen molar-refractivity contribution in [2.75, 3.05) is 21.3 Å². The van der Waals surface area contributed by atoms with E-state index in [2.05, 4.69) is 0 Å². The maximum atomic E-state index is 12.8. The number of fused-ring (bicyclic) bond motifs is 1. The highest BCUT2D eigenvalue weighted by Crippen LogP contribution is 2.50. The quantitative estimate of drug-likeness (QED) is 0.702. The molecule has 1 heterocycles. The lowest BCUT2D eigenvalue weighted by Gasteiger charge is -2.15. The minimum atomic E-state index is -0.667. The van der Waals surface area contributed by atoms with Gasteiger partial charge < -0.3 is 28.8 Å². The molecule has 130 valence electrons. The fourth-order valence-corrected chi connectivity index (χ4v) is 2.67. The van der Waals surface area contributed by atoms with Crippen LogP contribution in [0.3, 0.4) is 0 Å². The lowest BCUT2D eigenvalue weighted by molar-refractivity contribution is 0.320. The van der Waals surface area contributed by atoms with E-state index in [1.165, 1.54) is 21.3 Å². The van der Waals surface area contributed by atoms with Crippen molar-refractivity contribution in [2.24, 2.45) is 0 Å². The summed E-state index contributed by atoms with van der Waals surface area (Å²) in [6, 6.07) is 8.88. The zero-order valence-electron chi connectivity index (χ0n) is 13.8. The summed E-state index contributed by atoms with van der Waals surface area (Å²) in [4.78, 5) is 12.8. The van der Waals surface area contributed by atoms with E-state index in [0.717, 1.165) is 0 Å². The molecule has 7 heteroatoms. The Labute approximate surface area is 142 Å². The molecule has 0 aliphatic rings. The van der Waals surface area contributed by atoms with E-state index in [1.54, 1.807) is 24.3 Å². The predicted molar refractivity (Wildman–Crippen MR) is 90.9 cm³/mol. The second-order valence-corrected chi connectivity index (χ2v) is 5.13. The fraction of sp³-hybridized carbons (Fsp3) is 0.167. The third kappa shape index (κ3) is 2.40. The topological polar surface area (TPSA) is 98.4 Å². The van der Waals surface area contributed by atoms with E-state index in [0.29, 0.717) is 5.56 Å². The zero-order valence-corrected chi connectivity index (χ0v) is 13.8. The van der Waals surface area contributed by atoms with Gasteiger partial charge in [-0.15, -0.1) is 0 Å². The number of aromatic hydroxyl groups is 2. The van der Waals surface area contributed by atoms with E-state index in [9.17, 15) is 15.0 Å². The van der Waals surface area contributed by atoms with Gasteiger partial charge in [-0.1, -0.05) is 30.3 Å². The van der Waals surface area contributed by atoms with Gasteiger partial charge in [-0.2, -0.15) is 0 Å². The van der Waals surface area contributed by atoms with Crippen LogP contribution in [-0.2, 0) is 0 Å². The molecule has 2 N–H and O–H groups in total. The molecular formula is C18H16O7. The van der Waals surface area contributed by atoms with Crippen LogP contribution < -0.4 is 19.6 Å². The highest BCUT2D eigenvalue weighted by atomic mass is 16.5. The summed E-state index contributed by atoms with van der Waals surface area (Å²) in [7, 11) is 3.95. The van der Waals surface area contributed by atoms with Crippen molar-refractivity contribution < 1.29 is 28.8 Å². The van der Waals surface area contributed by atoms with Gasteiger partial charge in [-0.3, -0.25) is 4.79 Å². The van der Waals surface area contributed by atoms with Crippen LogP contribution in [-0.4, -0.2) is 31.5 Å². The predicted octanol–water partition coefficient (Wildman–Crippen LogP) is 2.90. The largest absolute Gasteiger partial charge is 0.504 e. The lowest BCUT2D eigenvalue weighted by atomic mass is 10.1. The Kier molecular flexibility index (Phi) is 4.14. The Morgan fingerprint density at radius 3 is 2.00 bits per heavy atom.